The summed E-state index contributed by atoms with van der Waals surface area (Å²) in [6, 6.07) is 5.72. The van der Waals surface area contributed by atoms with E-state index < -0.39 is 0 Å². The Kier molecular flexibility index (Phi) is 1.58. The van der Waals surface area contributed by atoms with Crippen molar-refractivity contribution in [3.05, 3.63) is 30.1 Å². The molecule has 4 heteroatoms. The van der Waals surface area contributed by atoms with Gasteiger partial charge in [-0.2, -0.15) is 0 Å². The van der Waals surface area contributed by atoms with Gasteiger partial charge in [-0.25, -0.2) is 5.43 Å². The molecule has 1 fully saturated rings. The van der Waals surface area contributed by atoms with E-state index in [4.69, 9.17) is 10.6 Å². The molecule has 1 aromatic rings. The van der Waals surface area contributed by atoms with E-state index in [1.807, 2.05) is 18.2 Å². The van der Waals surface area contributed by atoms with Crippen LogP contribution >= 0.6 is 0 Å². The number of rotatable bonds is 2. The largest absolute Gasteiger partial charge is 0.345 e. The van der Waals surface area contributed by atoms with Gasteiger partial charge in [-0.05, 0) is 12.1 Å². The molecule has 2 unspecified atom stereocenters. The molecule has 58 valence electrons. The summed E-state index contributed by atoms with van der Waals surface area (Å²) in [5.74, 6) is 5.16. The Morgan fingerprint density at radius 3 is 3.00 bits per heavy atom. The average Bonchev–Trinajstić information content (AvgIpc) is 2.85. The maximum atomic E-state index is 5.16. The van der Waals surface area contributed by atoms with Crippen LogP contribution < -0.4 is 11.3 Å². The molecule has 0 amide bonds. The van der Waals surface area contributed by atoms with Crippen LogP contribution in [0.2, 0.25) is 0 Å². The van der Waals surface area contributed by atoms with Crippen molar-refractivity contribution >= 4 is 0 Å². The molecule has 1 saturated heterocycles. The molecule has 2 heterocycles. The average molecular weight is 151 g/mol. The number of hydrogen-bond donors (Lipinski definition) is 2. The molecule has 1 aliphatic heterocycles. The van der Waals surface area contributed by atoms with Crippen molar-refractivity contribution in [2.75, 3.05) is 0 Å². The summed E-state index contributed by atoms with van der Waals surface area (Å²) in [5.41, 5.74) is 3.45. The van der Waals surface area contributed by atoms with Gasteiger partial charge in [0.25, 0.3) is 0 Å². The predicted octanol–water partition coefficient (Wildman–Crippen LogP) is -0.0577. The molecule has 0 aliphatic carbocycles. The second-order valence-corrected chi connectivity index (χ2v) is 2.40. The van der Waals surface area contributed by atoms with E-state index >= 15 is 0 Å². The minimum Gasteiger partial charge on any atom is -0.345 e. The molecule has 0 bridgehead atoms. The number of hydrazine groups is 1. The molecule has 0 radical (unpaired) electrons. The Balaban J connectivity index is 2.09. The normalized spacial score (nSPS) is 28.5. The lowest BCUT2D eigenvalue weighted by Crippen LogP contribution is -2.25. The highest BCUT2D eigenvalue weighted by molar-refractivity contribution is 5.12. The van der Waals surface area contributed by atoms with E-state index in [0.29, 0.717) is 0 Å². The van der Waals surface area contributed by atoms with Crippen molar-refractivity contribution in [3.8, 4) is 0 Å². The lowest BCUT2D eigenvalue weighted by atomic mass is 10.3. The van der Waals surface area contributed by atoms with E-state index in [-0.39, 0.29) is 12.3 Å². The first-order valence-corrected chi connectivity index (χ1v) is 3.44. The summed E-state index contributed by atoms with van der Waals surface area (Å²) in [6.45, 7) is 0. The van der Waals surface area contributed by atoms with E-state index in [1.165, 1.54) is 0 Å². The fourth-order valence-corrected chi connectivity index (χ4v) is 1.01. The third kappa shape index (κ3) is 1.23. The van der Waals surface area contributed by atoms with E-state index in [0.717, 1.165) is 5.69 Å². The van der Waals surface area contributed by atoms with Gasteiger partial charge in [-0.1, -0.05) is 6.07 Å². The Morgan fingerprint density at radius 1 is 1.55 bits per heavy atom. The third-order valence-corrected chi connectivity index (χ3v) is 1.64. The van der Waals surface area contributed by atoms with Gasteiger partial charge >= 0.3 is 0 Å². The van der Waals surface area contributed by atoms with E-state index in [9.17, 15) is 0 Å². The Labute approximate surface area is 64.3 Å². The first-order chi connectivity index (χ1) is 5.42. The molecule has 3 N–H and O–H groups in total. The van der Waals surface area contributed by atoms with Crippen molar-refractivity contribution in [1.29, 1.82) is 0 Å². The molecule has 11 heavy (non-hydrogen) atoms. The van der Waals surface area contributed by atoms with Gasteiger partial charge < -0.3 is 4.74 Å². The number of nitrogens with two attached hydrogens (primary N) is 1. The van der Waals surface area contributed by atoms with Crippen LogP contribution in [0, 0.1) is 0 Å². The quantitative estimate of drug-likeness (QED) is 0.353. The van der Waals surface area contributed by atoms with E-state index in [1.54, 1.807) is 6.20 Å². The van der Waals surface area contributed by atoms with Crippen molar-refractivity contribution in [3.63, 3.8) is 0 Å². The Morgan fingerprint density at radius 2 is 2.45 bits per heavy atom. The van der Waals surface area contributed by atoms with Crippen molar-refractivity contribution in [1.82, 2.24) is 10.4 Å². The zero-order valence-electron chi connectivity index (χ0n) is 5.90. The van der Waals surface area contributed by atoms with Crippen LogP contribution in [-0.2, 0) is 4.74 Å². The van der Waals surface area contributed by atoms with Gasteiger partial charge in [0.15, 0.2) is 6.23 Å². The van der Waals surface area contributed by atoms with Crippen molar-refractivity contribution < 1.29 is 4.74 Å². The fourth-order valence-electron chi connectivity index (χ4n) is 1.01. The third-order valence-electron chi connectivity index (χ3n) is 1.64. The summed E-state index contributed by atoms with van der Waals surface area (Å²) in [5, 5.41) is 0. The predicted molar refractivity (Wildman–Crippen MR) is 39.2 cm³/mol. The van der Waals surface area contributed by atoms with Gasteiger partial charge in [0, 0.05) is 6.20 Å². The number of nitrogens with zero attached hydrogens (tertiary/aromatic N) is 1. The zero-order valence-corrected chi connectivity index (χ0v) is 5.90. The topological polar surface area (TPSA) is 63.5 Å². The maximum Gasteiger partial charge on any atom is 0.153 e. The van der Waals surface area contributed by atoms with Crippen LogP contribution in [0.3, 0.4) is 0 Å². The lowest BCUT2D eigenvalue weighted by molar-refractivity contribution is 0.347. The number of epoxide rings is 1. The van der Waals surface area contributed by atoms with Gasteiger partial charge in [-0.15, -0.1) is 0 Å². The lowest BCUT2D eigenvalue weighted by Gasteiger charge is -1.91. The summed E-state index contributed by atoms with van der Waals surface area (Å²) in [7, 11) is 0. The number of ether oxygens (including phenoxy) is 1. The Bertz CT molecular complexity index is 239. The summed E-state index contributed by atoms with van der Waals surface area (Å²) in [6.07, 6.45) is 1.73. The number of hydrogen-bond acceptors (Lipinski definition) is 4. The molecular weight excluding hydrogens is 142 g/mol. The van der Waals surface area contributed by atoms with Gasteiger partial charge in [0.1, 0.15) is 6.10 Å². The highest BCUT2D eigenvalue weighted by atomic mass is 16.6. The molecule has 0 aromatic carbocycles. The minimum absolute atomic E-state index is 0.0428. The molecule has 2 atom stereocenters. The summed E-state index contributed by atoms with van der Waals surface area (Å²) < 4.78 is 5.15. The molecule has 0 saturated carbocycles. The number of nitrogens with one attached hydrogen (secondary N) is 1. The second kappa shape index (κ2) is 2.58. The first kappa shape index (κ1) is 6.72. The summed E-state index contributed by atoms with van der Waals surface area (Å²) >= 11 is 0. The van der Waals surface area contributed by atoms with Crippen LogP contribution in [0.15, 0.2) is 24.4 Å². The van der Waals surface area contributed by atoms with Gasteiger partial charge in [-0.3, -0.25) is 10.8 Å². The van der Waals surface area contributed by atoms with Crippen molar-refractivity contribution in [2.24, 2.45) is 5.84 Å². The standard InChI is InChI=1S/C7H9N3O/c8-10-7-6(11-7)5-3-1-2-4-9-5/h1-4,6-7,10H,8H2. The molecule has 4 nitrogen and oxygen atoms in total. The highest BCUT2D eigenvalue weighted by Crippen LogP contribution is 2.34. The highest BCUT2D eigenvalue weighted by Gasteiger charge is 2.40. The molecule has 0 spiro atoms. The Hall–Kier alpha value is -0.970. The SMILES string of the molecule is NNC1OC1c1ccccn1. The molecule has 2 rings (SSSR count). The molecular formula is C7H9N3O. The van der Waals surface area contributed by atoms with Crippen LogP contribution in [0.25, 0.3) is 0 Å². The summed E-state index contributed by atoms with van der Waals surface area (Å²) in [4.78, 5) is 4.12. The van der Waals surface area contributed by atoms with Crippen LogP contribution in [0.4, 0.5) is 0 Å². The second-order valence-electron chi connectivity index (χ2n) is 2.40. The monoisotopic (exact) mass is 151 g/mol. The minimum atomic E-state index is -0.0510. The first-order valence-electron chi connectivity index (χ1n) is 3.44. The van der Waals surface area contributed by atoms with Crippen LogP contribution in [0.5, 0.6) is 0 Å². The smallest absolute Gasteiger partial charge is 0.153 e. The molecule has 1 aliphatic rings. The van der Waals surface area contributed by atoms with Crippen LogP contribution in [0.1, 0.15) is 11.8 Å². The van der Waals surface area contributed by atoms with Crippen molar-refractivity contribution in [2.45, 2.75) is 12.3 Å². The number of aromatic nitrogens is 1. The number of pyridine rings is 1. The fraction of sp³-hybridized carbons (Fsp3) is 0.286. The van der Waals surface area contributed by atoms with E-state index in [2.05, 4.69) is 10.4 Å². The maximum absolute atomic E-state index is 5.16. The zero-order chi connectivity index (χ0) is 7.68. The van der Waals surface area contributed by atoms with Crippen LogP contribution in [-0.4, -0.2) is 11.2 Å². The van der Waals surface area contributed by atoms with Gasteiger partial charge in [0.2, 0.25) is 0 Å². The van der Waals surface area contributed by atoms with Gasteiger partial charge in [0.05, 0.1) is 5.69 Å². The molecule has 1 aromatic heterocycles.